The van der Waals surface area contributed by atoms with Crippen molar-refractivity contribution in [2.24, 2.45) is 9.98 Å². The lowest BCUT2D eigenvalue weighted by molar-refractivity contribution is 0.193. The van der Waals surface area contributed by atoms with Crippen molar-refractivity contribution in [1.82, 2.24) is 0 Å². The fraction of sp³-hybridized carbons (Fsp3) is 0.161. The molecule has 0 fully saturated rings. The van der Waals surface area contributed by atoms with Crippen molar-refractivity contribution in [1.29, 1.82) is 0 Å². The van der Waals surface area contributed by atoms with Gasteiger partial charge in [-0.1, -0.05) is 71.8 Å². The van der Waals surface area contributed by atoms with Crippen molar-refractivity contribution in [3.05, 3.63) is 119 Å². The van der Waals surface area contributed by atoms with Crippen LogP contribution in [0.25, 0.3) is 0 Å². The molecule has 182 valence electrons. The molecule has 36 heavy (non-hydrogen) atoms. The molecule has 0 spiro atoms. The van der Waals surface area contributed by atoms with E-state index in [2.05, 4.69) is 83.0 Å². The molecule has 0 heterocycles. The molecular formula is C31H32N4O. The molecule has 0 radical (unpaired) electrons. The van der Waals surface area contributed by atoms with Gasteiger partial charge in [-0.2, -0.15) is 0 Å². The Labute approximate surface area is 213 Å². The average molecular weight is 477 g/mol. The van der Waals surface area contributed by atoms with Gasteiger partial charge in [-0.15, -0.1) is 0 Å². The van der Waals surface area contributed by atoms with E-state index in [-0.39, 0.29) is 13.1 Å². The lowest BCUT2D eigenvalue weighted by atomic mass is 10.1. The molecule has 5 heteroatoms. The van der Waals surface area contributed by atoms with Gasteiger partial charge in [0.1, 0.15) is 0 Å². The van der Waals surface area contributed by atoms with Gasteiger partial charge in [-0.05, 0) is 50.2 Å². The van der Waals surface area contributed by atoms with E-state index in [1.54, 1.807) is 12.4 Å². The maximum absolute atomic E-state index is 10.4. The monoisotopic (exact) mass is 476 g/mol. The largest absolute Gasteiger partial charge is 0.389 e. The van der Waals surface area contributed by atoms with Crippen molar-refractivity contribution in [2.45, 2.75) is 20.0 Å². The molecule has 3 N–H and O–H groups in total. The van der Waals surface area contributed by atoms with Gasteiger partial charge in [-0.25, -0.2) is 0 Å². The summed E-state index contributed by atoms with van der Waals surface area (Å²) in [5.41, 5.74) is 8.34. The molecule has 4 aromatic rings. The third-order valence-corrected chi connectivity index (χ3v) is 5.68. The molecule has 0 atom stereocenters. The first-order valence-corrected chi connectivity index (χ1v) is 12.1. The number of nitrogens with one attached hydrogen (secondary N) is 2. The second-order valence-electron chi connectivity index (χ2n) is 8.80. The zero-order chi connectivity index (χ0) is 25.2. The fourth-order valence-electron chi connectivity index (χ4n) is 3.63. The lowest BCUT2D eigenvalue weighted by Gasteiger charge is -2.10. The number of benzene rings is 4. The topological polar surface area (TPSA) is 69.0 Å². The summed E-state index contributed by atoms with van der Waals surface area (Å²) in [6.07, 6.45) is 2.93. The Balaban J connectivity index is 1.32. The zero-order valence-corrected chi connectivity index (χ0v) is 20.7. The highest BCUT2D eigenvalue weighted by Crippen LogP contribution is 2.21. The molecule has 0 amide bonds. The standard InChI is InChI=1S/C31H32N4O/c1-23-11-15-27(16-12-23)34-30-9-5-3-7-25(30)19-32-21-29(36)22-33-20-26-8-4-6-10-31(26)35-28-17-13-24(2)14-18-28/h3-20,29,34-36H,21-22H2,1-2H3. The van der Waals surface area contributed by atoms with Crippen LogP contribution in [0.1, 0.15) is 22.3 Å². The van der Waals surface area contributed by atoms with E-state index in [0.29, 0.717) is 0 Å². The minimum atomic E-state index is -0.660. The Hall–Kier alpha value is -4.22. The molecule has 0 aliphatic rings. The summed E-state index contributed by atoms with van der Waals surface area (Å²) in [4.78, 5) is 8.93. The van der Waals surface area contributed by atoms with Crippen LogP contribution in [-0.2, 0) is 0 Å². The first-order chi connectivity index (χ1) is 17.6. The number of para-hydroxylation sites is 2. The Morgan fingerprint density at radius 1 is 0.611 bits per heavy atom. The molecule has 0 saturated heterocycles. The number of hydrogen-bond acceptors (Lipinski definition) is 5. The van der Waals surface area contributed by atoms with E-state index in [1.165, 1.54) is 11.1 Å². The Kier molecular flexibility index (Phi) is 8.62. The Bertz CT molecular complexity index is 1210. The predicted octanol–water partition coefficient (Wildman–Crippen LogP) is 6.69. The van der Waals surface area contributed by atoms with E-state index in [4.69, 9.17) is 0 Å². The number of aliphatic imine (C=N–C) groups is 2. The smallest absolute Gasteiger partial charge is 0.0929 e. The van der Waals surface area contributed by atoms with Gasteiger partial charge in [0.2, 0.25) is 0 Å². The molecule has 4 rings (SSSR count). The number of rotatable bonds is 10. The number of aliphatic hydroxyl groups excluding tert-OH is 1. The van der Waals surface area contributed by atoms with E-state index < -0.39 is 6.10 Å². The number of nitrogens with zero attached hydrogens (tertiary/aromatic N) is 2. The van der Waals surface area contributed by atoms with Crippen LogP contribution in [-0.4, -0.2) is 36.7 Å². The molecule has 0 unspecified atom stereocenters. The van der Waals surface area contributed by atoms with Crippen LogP contribution in [0.3, 0.4) is 0 Å². The van der Waals surface area contributed by atoms with Crippen molar-refractivity contribution in [3.63, 3.8) is 0 Å². The van der Waals surface area contributed by atoms with Gasteiger partial charge in [0.15, 0.2) is 0 Å². The Morgan fingerprint density at radius 2 is 1.00 bits per heavy atom. The summed E-state index contributed by atoms with van der Waals surface area (Å²) in [7, 11) is 0. The van der Waals surface area contributed by atoms with Crippen LogP contribution >= 0.6 is 0 Å². The molecule has 4 aromatic carbocycles. The van der Waals surface area contributed by atoms with Crippen LogP contribution in [0.5, 0.6) is 0 Å². The van der Waals surface area contributed by atoms with E-state index >= 15 is 0 Å². The number of aryl methyl sites for hydroxylation is 2. The first-order valence-electron chi connectivity index (χ1n) is 12.1. The molecule has 0 saturated carbocycles. The van der Waals surface area contributed by atoms with Gasteiger partial charge >= 0.3 is 0 Å². The minimum absolute atomic E-state index is 0.277. The first kappa shape index (κ1) is 24.9. The fourth-order valence-corrected chi connectivity index (χ4v) is 3.63. The highest BCUT2D eigenvalue weighted by Gasteiger charge is 2.04. The second kappa shape index (κ2) is 12.5. The summed E-state index contributed by atoms with van der Waals surface area (Å²) in [6.45, 7) is 4.70. The molecule has 0 bridgehead atoms. The second-order valence-corrected chi connectivity index (χ2v) is 8.80. The predicted molar refractivity (Wildman–Crippen MR) is 153 cm³/mol. The van der Waals surface area contributed by atoms with Crippen LogP contribution in [0.2, 0.25) is 0 Å². The van der Waals surface area contributed by atoms with Gasteiger partial charge in [0.05, 0.1) is 19.2 Å². The molecule has 5 nitrogen and oxygen atoms in total. The van der Waals surface area contributed by atoms with E-state index in [9.17, 15) is 5.11 Å². The average Bonchev–Trinajstić information content (AvgIpc) is 2.89. The maximum Gasteiger partial charge on any atom is 0.0929 e. The van der Waals surface area contributed by atoms with Crippen LogP contribution in [0.15, 0.2) is 107 Å². The minimum Gasteiger partial charge on any atom is -0.389 e. The highest BCUT2D eigenvalue weighted by atomic mass is 16.3. The van der Waals surface area contributed by atoms with E-state index in [0.717, 1.165) is 33.9 Å². The lowest BCUT2D eigenvalue weighted by Crippen LogP contribution is -2.15. The van der Waals surface area contributed by atoms with Crippen molar-refractivity contribution in [2.75, 3.05) is 23.7 Å². The summed E-state index contributed by atoms with van der Waals surface area (Å²) in [6, 6.07) is 32.5. The highest BCUT2D eigenvalue weighted by molar-refractivity contribution is 5.90. The van der Waals surface area contributed by atoms with Gasteiger partial charge in [0, 0.05) is 46.3 Å². The van der Waals surface area contributed by atoms with E-state index in [1.807, 2.05) is 48.5 Å². The summed E-state index contributed by atoms with van der Waals surface area (Å²) in [5.74, 6) is 0. The van der Waals surface area contributed by atoms with Crippen molar-refractivity contribution < 1.29 is 5.11 Å². The summed E-state index contributed by atoms with van der Waals surface area (Å²) in [5, 5.41) is 17.3. The van der Waals surface area contributed by atoms with Crippen LogP contribution < -0.4 is 10.6 Å². The van der Waals surface area contributed by atoms with Crippen molar-refractivity contribution >= 4 is 35.2 Å². The maximum atomic E-state index is 10.4. The third-order valence-electron chi connectivity index (χ3n) is 5.68. The molecular weight excluding hydrogens is 444 g/mol. The third kappa shape index (κ3) is 7.39. The molecule has 0 aromatic heterocycles. The number of hydrogen-bond donors (Lipinski definition) is 3. The summed E-state index contributed by atoms with van der Waals surface area (Å²) < 4.78 is 0. The normalized spacial score (nSPS) is 12.2. The molecule has 0 aliphatic carbocycles. The quantitative estimate of drug-likeness (QED) is 0.223. The van der Waals surface area contributed by atoms with Gasteiger partial charge in [-0.3, -0.25) is 9.98 Å². The SMILES string of the molecule is Cc1ccc(Nc2ccccc2C=NCC(O)CN=Cc2ccccc2Nc2ccc(C)cc2)cc1. The van der Waals surface area contributed by atoms with Gasteiger partial charge in [0.25, 0.3) is 0 Å². The number of aliphatic hydroxyl groups is 1. The van der Waals surface area contributed by atoms with Crippen LogP contribution in [0, 0.1) is 13.8 Å². The van der Waals surface area contributed by atoms with Gasteiger partial charge < -0.3 is 15.7 Å². The number of anilines is 4. The zero-order valence-electron chi connectivity index (χ0n) is 20.7. The summed E-state index contributed by atoms with van der Waals surface area (Å²) >= 11 is 0. The Morgan fingerprint density at radius 3 is 1.42 bits per heavy atom. The van der Waals surface area contributed by atoms with Crippen LogP contribution in [0.4, 0.5) is 22.7 Å². The van der Waals surface area contributed by atoms with Crippen molar-refractivity contribution in [3.8, 4) is 0 Å². The molecule has 0 aliphatic heterocycles.